The molecule has 0 fully saturated rings. The molecule has 0 aromatic heterocycles. The van der Waals surface area contributed by atoms with Crippen LogP contribution in [0.5, 0.6) is 11.5 Å². The number of ether oxygens (including phenoxy) is 8. The summed E-state index contributed by atoms with van der Waals surface area (Å²) in [6, 6.07) is 8.39. The second-order valence-corrected chi connectivity index (χ2v) is 11.2. The molecule has 0 aliphatic rings. The lowest BCUT2D eigenvalue weighted by Gasteiger charge is -2.20. The van der Waals surface area contributed by atoms with Gasteiger partial charge in [0.2, 0.25) is 0 Å². The van der Waals surface area contributed by atoms with Crippen LogP contribution in [0, 0.1) is 0 Å². The average molecular weight is 671 g/mol. The van der Waals surface area contributed by atoms with E-state index in [0.29, 0.717) is 52.9 Å². The van der Waals surface area contributed by atoms with Crippen LogP contribution in [0.1, 0.15) is 73.6 Å². The fraction of sp³-hybridized carbons (Fsp3) is 0.526. The van der Waals surface area contributed by atoms with Gasteiger partial charge in [-0.1, -0.05) is 13.2 Å². The van der Waals surface area contributed by atoms with Crippen molar-refractivity contribution in [2.75, 3.05) is 54.9 Å². The summed E-state index contributed by atoms with van der Waals surface area (Å²) in [5.74, 6) is 0.765. The smallest absolute Gasteiger partial charge is 0.330 e. The molecule has 0 aliphatic heterocycles. The van der Waals surface area contributed by atoms with Gasteiger partial charge in [-0.3, -0.25) is 0 Å². The van der Waals surface area contributed by atoms with E-state index in [9.17, 15) is 9.59 Å². The summed E-state index contributed by atoms with van der Waals surface area (Å²) in [6.45, 7) is 10.2. The molecule has 0 amide bonds. The fourth-order valence-corrected chi connectivity index (χ4v) is 5.19. The van der Waals surface area contributed by atoms with Crippen molar-refractivity contribution < 1.29 is 47.5 Å². The van der Waals surface area contributed by atoms with E-state index in [0.717, 1.165) is 96.2 Å². The van der Waals surface area contributed by atoms with Crippen LogP contribution in [0.25, 0.3) is 11.1 Å². The van der Waals surface area contributed by atoms with E-state index < -0.39 is 11.9 Å². The highest BCUT2D eigenvalue weighted by Gasteiger charge is 2.18. The molecule has 0 bridgehead atoms. The van der Waals surface area contributed by atoms with Crippen LogP contribution >= 0.6 is 0 Å². The van der Waals surface area contributed by atoms with Crippen LogP contribution in [0.4, 0.5) is 0 Å². The van der Waals surface area contributed by atoms with E-state index in [1.807, 2.05) is 0 Å². The third-order valence-corrected chi connectivity index (χ3v) is 7.41. The van der Waals surface area contributed by atoms with E-state index in [-0.39, 0.29) is 0 Å². The van der Waals surface area contributed by atoms with Gasteiger partial charge in [0.25, 0.3) is 0 Å². The zero-order valence-electron chi connectivity index (χ0n) is 29.3. The summed E-state index contributed by atoms with van der Waals surface area (Å²) in [5.41, 5.74) is 5.71. The van der Waals surface area contributed by atoms with Crippen molar-refractivity contribution in [1.82, 2.24) is 0 Å². The minimum atomic E-state index is -0.391. The summed E-state index contributed by atoms with van der Waals surface area (Å²) >= 11 is 0. The summed E-state index contributed by atoms with van der Waals surface area (Å²) in [5, 5.41) is 0. The van der Waals surface area contributed by atoms with Gasteiger partial charge in [0.05, 0.1) is 52.9 Å². The van der Waals surface area contributed by atoms with Crippen LogP contribution in [-0.4, -0.2) is 66.8 Å². The quantitative estimate of drug-likeness (QED) is 0.0547. The Hall–Kier alpha value is -3.70. The van der Waals surface area contributed by atoms with Crippen molar-refractivity contribution in [3.05, 3.63) is 71.8 Å². The van der Waals surface area contributed by atoms with Crippen molar-refractivity contribution in [3.63, 3.8) is 0 Å². The molecule has 0 heterocycles. The van der Waals surface area contributed by atoms with E-state index >= 15 is 0 Å². The van der Waals surface area contributed by atoms with Gasteiger partial charge in [-0.25, -0.2) is 9.59 Å². The minimum Gasteiger partial charge on any atom is -0.493 e. The van der Waals surface area contributed by atoms with Gasteiger partial charge >= 0.3 is 11.9 Å². The zero-order valence-corrected chi connectivity index (χ0v) is 29.3. The predicted octanol–water partition coefficient (Wildman–Crippen LogP) is 7.28. The Kier molecular flexibility index (Phi) is 20.6. The summed E-state index contributed by atoms with van der Waals surface area (Å²) in [4.78, 5) is 22.4. The van der Waals surface area contributed by atoms with Gasteiger partial charge in [0.15, 0.2) is 0 Å². The largest absolute Gasteiger partial charge is 0.493 e. The molecule has 266 valence electrons. The Morgan fingerprint density at radius 1 is 0.500 bits per heavy atom. The van der Waals surface area contributed by atoms with Crippen LogP contribution in [0.2, 0.25) is 0 Å². The Labute approximate surface area is 286 Å². The van der Waals surface area contributed by atoms with Crippen molar-refractivity contribution in [2.45, 2.75) is 77.8 Å². The van der Waals surface area contributed by atoms with Gasteiger partial charge in [-0.05, 0) is 86.8 Å². The molecule has 0 saturated heterocycles. The maximum absolute atomic E-state index is 11.2. The molecular weight excluding hydrogens is 616 g/mol. The number of hydrogen-bond donors (Lipinski definition) is 0. The lowest BCUT2D eigenvalue weighted by atomic mass is 9.95. The number of rotatable bonds is 27. The first-order chi connectivity index (χ1) is 23.4. The minimum absolute atomic E-state index is 0.377. The van der Waals surface area contributed by atoms with E-state index in [4.69, 9.17) is 37.9 Å². The summed E-state index contributed by atoms with van der Waals surface area (Å²) in [7, 11) is 6.68. The lowest BCUT2D eigenvalue weighted by Crippen LogP contribution is -2.07. The monoisotopic (exact) mass is 670 g/mol. The third kappa shape index (κ3) is 14.6. The average Bonchev–Trinajstić information content (AvgIpc) is 3.08. The number of carbonyl (C=O) groups excluding carboxylic acids is 2. The number of hydrogen-bond acceptors (Lipinski definition) is 10. The molecule has 2 rings (SSSR count). The molecule has 0 saturated carbocycles. The zero-order chi connectivity index (χ0) is 35.0. The lowest BCUT2D eigenvalue weighted by molar-refractivity contribution is -0.138. The Balaban J connectivity index is 2.20. The predicted molar refractivity (Wildman–Crippen MR) is 185 cm³/mol. The van der Waals surface area contributed by atoms with Gasteiger partial charge in [-0.2, -0.15) is 0 Å². The highest BCUT2D eigenvalue weighted by atomic mass is 16.5. The molecule has 2 aromatic carbocycles. The molecule has 10 heteroatoms. The molecule has 0 N–H and O–H groups in total. The third-order valence-electron chi connectivity index (χ3n) is 7.41. The first kappa shape index (κ1) is 40.5. The molecule has 0 spiro atoms. The van der Waals surface area contributed by atoms with Gasteiger partial charge in [-0.15, -0.1) is 0 Å². The molecule has 0 atom stereocenters. The number of methoxy groups -OCH3 is 4. The number of carbonyl (C=O) groups is 2. The highest BCUT2D eigenvalue weighted by molar-refractivity contribution is 5.81. The number of unbranched alkanes of at least 4 members (excludes halogenated alkanes) is 6. The van der Waals surface area contributed by atoms with Gasteiger partial charge in [0, 0.05) is 62.8 Å². The van der Waals surface area contributed by atoms with Crippen molar-refractivity contribution >= 4 is 11.9 Å². The molecule has 0 aliphatic carbocycles. The molecule has 48 heavy (non-hydrogen) atoms. The second-order valence-electron chi connectivity index (χ2n) is 11.2. The van der Waals surface area contributed by atoms with E-state index in [2.05, 4.69) is 37.4 Å². The van der Waals surface area contributed by atoms with Crippen molar-refractivity contribution in [3.8, 4) is 22.6 Å². The topological polar surface area (TPSA) is 108 Å². The summed E-state index contributed by atoms with van der Waals surface area (Å²) in [6.07, 6.45) is 9.46. The first-order valence-corrected chi connectivity index (χ1v) is 16.5. The van der Waals surface area contributed by atoms with E-state index in [1.54, 1.807) is 28.4 Å². The maximum Gasteiger partial charge on any atom is 0.330 e. The molecule has 2 aromatic rings. The van der Waals surface area contributed by atoms with Crippen LogP contribution < -0.4 is 9.47 Å². The van der Waals surface area contributed by atoms with Crippen LogP contribution in [0.3, 0.4) is 0 Å². The molecule has 0 unspecified atom stereocenters. The van der Waals surface area contributed by atoms with Gasteiger partial charge in [0.1, 0.15) is 11.5 Å². The molecule has 10 nitrogen and oxygen atoms in total. The van der Waals surface area contributed by atoms with E-state index in [1.165, 1.54) is 12.2 Å². The SMILES string of the molecule is C=CC(=O)OCCCCCCOc1c(COC)cc(-c2cc(COC)c(OCCCCCCOC(=O)C=C)c(COC)c2)cc1COC. The van der Waals surface area contributed by atoms with Crippen molar-refractivity contribution in [2.24, 2.45) is 0 Å². The maximum atomic E-state index is 11.2. The van der Waals surface area contributed by atoms with Gasteiger partial charge < -0.3 is 37.9 Å². The Bertz CT molecular complexity index is 1120. The first-order valence-electron chi connectivity index (χ1n) is 16.5. The van der Waals surface area contributed by atoms with Crippen LogP contribution in [-0.2, 0) is 64.4 Å². The standard InChI is InChI=1S/C38H54O10/c1-7-35(39)45-17-13-9-11-15-19-47-37-31(25-41-3)21-29(22-32(37)26-42-4)30-23-33(27-43-5)38(34(24-30)28-44-6)48-20-16-12-10-14-18-46-36(40)8-2/h7-8,21-24H,1-2,9-20,25-28H2,3-6H3. The van der Waals surface area contributed by atoms with Crippen molar-refractivity contribution in [1.29, 1.82) is 0 Å². The normalized spacial score (nSPS) is 10.8. The molecule has 0 radical (unpaired) electrons. The van der Waals surface area contributed by atoms with Crippen LogP contribution in [0.15, 0.2) is 49.6 Å². The fourth-order valence-electron chi connectivity index (χ4n) is 5.19. The number of esters is 2. The molecular formula is C38H54O10. The number of benzene rings is 2. The Morgan fingerprint density at radius 2 is 0.792 bits per heavy atom. The highest BCUT2D eigenvalue weighted by Crippen LogP contribution is 2.37. The Morgan fingerprint density at radius 3 is 1.06 bits per heavy atom. The summed E-state index contributed by atoms with van der Waals surface area (Å²) < 4.78 is 45.1. The second kappa shape index (κ2) is 24.4.